The predicted molar refractivity (Wildman–Crippen MR) is 73.3 cm³/mol. The zero-order chi connectivity index (χ0) is 15.4. The quantitative estimate of drug-likeness (QED) is 0.848. The summed E-state index contributed by atoms with van der Waals surface area (Å²) in [4.78, 5) is 23.7. The first-order valence-corrected chi connectivity index (χ1v) is 6.07. The largest absolute Gasteiger partial charge is 0.496 e. The Morgan fingerprint density at radius 1 is 1.43 bits per heavy atom. The smallest absolute Gasteiger partial charge is 0.327 e. The van der Waals surface area contributed by atoms with Crippen LogP contribution in [0, 0.1) is 6.92 Å². The highest BCUT2D eigenvalue weighted by molar-refractivity contribution is 6.05. The van der Waals surface area contributed by atoms with Gasteiger partial charge < -0.3 is 15.2 Å². The fourth-order valence-corrected chi connectivity index (χ4v) is 1.73. The first-order chi connectivity index (χ1) is 9.99. The summed E-state index contributed by atoms with van der Waals surface area (Å²) in [5.74, 6) is -0.859. The van der Waals surface area contributed by atoms with Gasteiger partial charge in [0.25, 0.3) is 5.91 Å². The number of anilines is 1. The highest BCUT2D eigenvalue weighted by atomic mass is 16.5. The molecule has 0 unspecified atom stereocenters. The van der Waals surface area contributed by atoms with E-state index < -0.39 is 11.9 Å². The van der Waals surface area contributed by atoms with Crippen LogP contribution in [0.4, 0.5) is 5.82 Å². The maximum atomic E-state index is 12.2. The molecule has 0 aliphatic heterocycles. The number of hydrogen-bond donors (Lipinski definition) is 2. The van der Waals surface area contributed by atoms with E-state index in [4.69, 9.17) is 9.84 Å². The van der Waals surface area contributed by atoms with Crippen molar-refractivity contribution in [3.8, 4) is 5.75 Å². The van der Waals surface area contributed by atoms with Gasteiger partial charge in [-0.3, -0.25) is 9.59 Å². The van der Waals surface area contributed by atoms with E-state index in [0.717, 1.165) is 10.4 Å². The first-order valence-electron chi connectivity index (χ1n) is 6.07. The van der Waals surface area contributed by atoms with E-state index in [9.17, 15) is 9.59 Å². The Bertz CT molecular complexity index is 681. The van der Waals surface area contributed by atoms with E-state index in [0.29, 0.717) is 11.3 Å². The van der Waals surface area contributed by atoms with Gasteiger partial charge in [-0.15, -0.1) is 5.10 Å². The summed E-state index contributed by atoms with van der Waals surface area (Å²) < 4.78 is 5.14. The zero-order valence-corrected chi connectivity index (χ0v) is 11.5. The van der Waals surface area contributed by atoms with Crippen molar-refractivity contribution in [1.29, 1.82) is 0 Å². The summed E-state index contributed by atoms with van der Waals surface area (Å²) in [6.07, 6.45) is 1.28. The third-order valence-corrected chi connectivity index (χ3v) is 2.65. The van der Waals surface area contributed by atoms with Gasteiger partial charge in [0.1, 0.15) is 5.75 Å². The Hall–Kier alpha value is -2.90. The maximum absolute atomic E-state index is 12.2. The molecule has 1 heterocycles. The number of carbonyl (C=O) groups excluding carboxylic acids is 1. The molecule has 0 bridgehead atoms. The molecule has 0 atom stereocenters. The van der Waals surface area contributed by atoms with Crippen molar-refractivity contribution >= 4 is 17.7 Å². The van der Waals surface area contributed by atoms with E-state index in [2.05, 4.69) is 15.5 Å². The molecule has 0 fully saturated rings. The minimum Gasteiger partial charge on any atom is -0.496 e. The van der Waals surface area contributed by atoms with E-state index in [1.165, 1.54) is 13.3 Å². The standard InChI is InChI=1S/C13H14N4O4/c1-8-3-4-10(21-2)9(5-8)13(20)15-11-6-14-17(16-11)7-12(18)19/h3-6H,7H2,1-2H3,(H,18,19)(H,15,16,20). The number of aromatic nitrogens is 3. The van der Waals surface area contributed by atoms with Crippen LogP contribution in [0.3, 0.4) is 0 Å². The molecule has 1 aromatic heterocycles. The van der Waals surface area contributed by atoms with Crippen molar-refractivity contribution in [3.05, 3.63) is 35.5 Å². The number of nitrogens with one attached hydrogen (secondary N) is 1. The molecule has 2 rings (SSSR count). The molecule has 1 amide bonds. The average molecular weight is 290 g/mol. The number of carbonyl (C=O) groups is 2. The second-order valence-electron chi connectivity index (χ2n) is 4.31. The van der Waals surface area contributed by atoms with Gasteiger partial charge >= 0.3 is 5.97 Å². The molecule has 0 radical (unpaired) electrons. The number of aliphatic carboxylic acids is 1. The fraction of sp³-hybridized carbons (Fsp3) is 0.231. The van der Waals surface area contributed by atoms with E-state index >= 15 is 0 Å². The van der Waals surface area contributed by atoms with Crippen LogP contribution < -0.4 is 10.1 Å². The van der Waals surface area contributed by atoms with Crippen molar-refractivity contribution in [2.24, 2.45) is 0 Å². The molecule has 0 spiro atoms. The number of benzene rings is 1. The number of carboxylic acid groups (broad SMARTS) is 1. The molecule has 0 saturated heterocycles. The second-order valence-corrected chi connectivity index (χ2v) is 4.31. The van der Waals surface area contributed by atoms with Gasteiger partial charge in [0, 0.05) is 0 Å². The summed E-state index contributed by atoms with van der Waals surface area (Å²) in [5, 5.41) is 18.8. The van der Waals surface area contributed by atoms with Gasteiger partial charge in [-0.05, 0) is 19.1 Å². The second kappa shape index (κ2) is 6.04. The van der Waals surface area contributed by atoms with Crippen LogP contribution in [0.25, 0.3) is 0 Å². The average Bonchev–Trinajstić information content (AvgIpc) is 2.85. The highest BCUT2D eigenvalue weighted by Gasteiger charge is 2.14. The molecule has 8 heteroatoms. The third-order valence-electron chi connectivity index (χ3n) is 2.65. The lowest BCUT2D eigenvalue weighted by Gasteiger charge is -2.08. The lowest BCUT2D eigenvalue weighted by Crippen LogP contribution is -2.15. The van der Waals surface area contributed by atoms with E-state index in [-0.39, 0.29) is 12.4 Å². The molecule has 0 aliphatic carbocycles. The molecule has 21 heavy (non-hydrogen) atoms. The Morgan fingerprint density at radius 3 is 2.86 bits per heavy atom. The predicted octanol–water partition coefficient (Wildman–Crippen LogP) is 0.932. The Morgan fingerprint density at radius 2 is 2.19 bits per heavy atom. The van der Waals surface area contributed by atoms with Gasteiger partial charge in [-0.2, -0.15) is 9.90 Å². The summed E-state index contributed by atoms with van der Waals surface area (Å²) in [6.45, 7) is 1.49. The van der Waals surface area contributed by atoms with Gasteiger partial charge in [0.15, 0.2) is 12.4 Å². The number of hydrogen-bond acceptors (Lipinski definition) is 5. The fourth-order valence-electron chi connectivity index (χ4n) is 1.73. The maximum Gasteiger partial charge on any atom is 0.327 e. The van der Waals surface area contributed by atoms with Crippen molar-refractivity contribution in [1.82, 2.24) is 15.0 Å². The van der Waals surface area contributed by atoms with E-state index in [1.54, 1.807) is 12.1 Å². The van der Waals surface area contributed by atoms with Crippen molar-refractivity contribution in [2.75, 3.05) is 12.4 Å². The first kappa shape index (κ1) is 14.5. The van der Waals surface area contributed by atoms with Crippen molar-refractivity contribution < 1.29 is 19.4 Å². The van der Waals surface area contributed by atoms with Gasteiger partial charge in [0.2, 0.25) is 0 Å². The van der Waals surface area contributed by atoms with Crippen LogP contribution in [0.5, 0.6) is 5.75 Å². The van der Waals surface area contributed by atoms with Crippen molar-refractivity contribution in [2.45, 2.75) is 13.5 Å². The molecule has 0 saturated carbocycles. The SMILES string of the molecule is COc1ccc(C)cc1C(=O)Nc1cnn(CC(=O)O)n1. The van der Waals surface area contributed by atoms with Crippen molar-refractivity contribution in [3.63, 3.8) is 0 Å². The molecule has 8 nitrogen and oxygen atoms in total. The number of aryl methyl sites for hydroxylation is 1. The third kappa shape index (κ3) is 3.56. The number of nitrogens with zero attached hydrogens (tertiary/aromatic N) is 3. The number of carboxylic acids is 1. The Balaban J connectivity index is 2.16. The Kier molecular flexibility index (Phi) is 4.17. The summed E-state index contributed by atoms with van der Waals surface area (Å²) in [6, 6.07) is 5.22. The normalized spacial score (nSPS) is 10.2. The minimum absolute atomic E-state index is 0.171. The van der Waals surface area contributed by atoms with Crippen LogP contribution in [0.2, 0.25) is 0 Å². The summed E-state index contributed by atoms with van der Waals surface area (Å²) >= 11 is 0. The van der Waals surface area contributed by atoms with Crippen LogP contribution in [-0.2, 0) is 11.3 Å². The lowest BCUT2D eigenvalue weighted by molar-refractivity contribution is -0.138. The number of rotatable bonds is 5. The molecule has 0 aliphatic rings. The minimum atomic E-state index is -1.07. The molecule has 2 N–H and O–H groups in total. The monoisotopic (exact) mass is 290 g/mol. The number of ether oxygens (including phenoxy) is 1. The molecule has 1 aromatic carbocycles. The lowest BCUT2D eigenvalue weighted by atomic mass is 10.1. The number of amides is 1. The Labute approximate surface area is 120 Å². The van der Waals surface area contributed by atoms with E-state index in [1.807, 2.05) is 13.0 Å². The van der Waals surface area contributed by atoms with Crippen LogP contribution in [-0.4, -0.2) is 39.1 Å². The highest BCUT2D eigenvalue weighted by Crippen LogP contribution is 2.20. The molecule has 2 aromatic rings. The van der Waals surface area contributed by atoms with Gasteiger partial charge in [0.05, 0.1) is 18.9 Å². The summed E-state index contributed by atoms with van der Waals surface area (Å²) in [5.41, 5.74) is 1.28. The molecule has 110 valence electrons. The van der Waals surface area contributed by atoms with Gasteiger partial charge in [-0.1, -0.05) is 11.6 Å². The van der Waals surface area contributed by atoms with Gasteiger partial charge in [-0.25, -0.2) is 0 Å². The topological polar surface area (TPSA) is 106 Å². The molecular formula is C13H14N4O4. The number of methoxy groups -OCH3 is 1. The van der Waals surface area contributed by atoms with Crippen LogP contribution >= 0.6 is 0 Å². The zero-order valence-electron chi connectivity index (χ0n) is 11.5. The van der Waals surface area contributed by atoms with Crippen LogP contribution in [0.1, 0.15) is 15.9 Å². The van der Waals surface area contributed by atoms with Crippen LogP contribution in [0.15, 0.2) is 24.4 Å². The summed E-state index contributed by atoms with van der Waals surface area (Å²) in [7, 11) is 1.48. The molecular weight excluding hydrogens is 276 g/mol.